The van der Waals surface area contributed by atoms with Crippen LogP contribution >= 0.6 is 27.0 Å². The summed E-state index contributed by atoms with van der Waals surface area (Å²) in [6, 6.07) is 26.4. The topological polar surface area (TPSA) is 168 Å². The van der Waals surface area contributed by atoms with Crippen LogP contribution in [0, 0.1) is 11.6 Å². The number of quaternary nitrogens is 1. The SMILES string of the molecule is CC(=O)NC(CO)CC(=O)Cc1ccc(OCc2cccc(F)c2)cc1.CC(=O)NC1COC(=O)C1.S.S.[Cl-].[NH3+]c1ccc(OCc2cccc(F)c2)cc1. The van der Waals surface area contributed by atoms with Gasteiger partial charge in [-0.15, -0.1) is 0 Å². The third-order valence-electron chi connectivity index (χ3n) is 7.20. The highest BCUT2D eigenvalue weighted by Gasteiger charge is 2.23. The Morgan fingerprint density at radius 1 is 0.818 bits per heavy atom. The Morgan fingerprint density at radius 3 is 1.75 bits per heavy atom. The number of rotatable bonds is 13. The number of carbonyl (C=O) groups excluding carboxylic acids is 4. The number of esters is 1. The molecule has 11 nitrogen and oxygen atoms in total. The van der Waals surface area contributed by atoms with E-state index in [2.05, 4.69) is 21.1 Å². The van der Waals surface area contributed by atoms with Crippen molar-refractivity contribution in [1.82, 2.24) is 10.6 Å². The smallest absolute Gasteiger partial charge is 0.308 e. The number of nitrogens with one attached hydrogen (secondary N) is 2. The lowest BCUT2D eigenvalue weighted by Gasteiger charge is -2.14. The van der Waals surface area contributed by atoms with Crippen LogP contribution in [-0.2, 0) is 43.5 Å². The number of aliphatic hydroxyl groups is 1. The average Bonchev–Trinajstić information content (AvgIpc) is 3.51. The Kier molecular flexibility index (Phi) is 24.7. The lowest BCUT2D eigenvalue weighted by Crippen LogP contribution is -3.00. The number of hydrogen-bond acceptors (Lipinski definition) is 8. The van der Waals surface area contributed by atoms with E-state index in [1.165, 1.54) is 38.1 Å². The van der Waals surface area contributed by atoms with Gasteiger partial charge in [0.05, 0.1) is 25.1 Å². The molecule has 55 heavy (non-hydrogen) atoms. The van der Waals surface area contributed by atoms with Crippen molar-refractivity contribution in [3.8, 4) is 11.5 Å². The highest BCUT2D eigenvalue weighted by molar-refractivity contribution is 7.59. The largest absolute Gasteiger partial charge is 1.00 e. The minimum absolute atomic E-state index is 0. The lowest BCUT2D eigenvalue weighted by atomic mass is 10.0. The fraction of sp³-hybridized carbons (Fsp3) is 0.282. The molecule has 1 aliphatic rings. The van der Waals surface area contributed by atoms with Crippen LogP contribution < -0.4 is 38.2 Å². The summed E-state index contributed by atoms with van der Waals surface area (Å²) in [5.74, 6) is 0.119. The van der Waals surface area contributed by atoms with Crippen molar-refractivity contribution in [3.05, 3.63) is 125 Å². The van der Waals surface area contributed by atoms with E-state index in [9.17, 15) is 33.1 Å². The Bertz CT molecular complexity index is 1770. The number of cyclic esters (lactones) is 1. The van der Waals surface area contributed by atoms with Crippen molar-refractivity contribution in [2.24, 2.45) is 0 Å². The van der Waals surface area contributed by atoms with E-state index >= 15 is 0 Å². The van der Waals surface area contributed by atoms with E-state index in [1.54, 1.807) is 42.5 Å². The van der Waals surface area contributed by atoms with Crippen LogP contribution in [0.5, 0.6) is 11.5 Å². The third kappa shape index (κ3) is 21.1. The predicted molar refractivity (Wildman–Crippen MR) is 209 cm³/mol. The van der Waals surface area contributed by atoms with Crippen molar-refractivity contribution in [2.45, 2.75) is 58.4 Å². The molecule has 0 bridgehead atoms. The number of halogens is 3. The first kappa shape index (κ1) is 50.3. The number of amides is 2. The molecule has 0 radical (unpaired) electrons. The second-order valence-corrected chi connectivity index (χ2v) is 11.9. The Labute approximate surface area is 339 Å². The monoisotopic (exact) mass is 823 g/mol. The van der Waals surface area contributed by atoms with E-state index in [0.29, 0.717) is 25.4 Å². The summed E-state index contributed by atoms with van der Waals surface area (Å²) in [4.78, 5) is 44.0. The van der Waals surface area contributed by atoms with Crippen LogP contribution in [0.1, 0.15) is 43.4 Å². The molecule has 5 rings (SSSR count). The molecule has 4 aromatic rings. The Hall–Kier alpha value is -4.67. The molecule has 0 aliphatic carbocycles. The van der Waals surface area contributed by atoms with Gasteiger partial charge in [0.2, 0.25) is 11.8 Å². The second-order valence-electron chi connectivity index (χ2n) is 11.9. The summed E-state index contributed by atoms with van der Waals surface area (Å²) in [6.45, 7) is 3.42. The maximum atomic E-state index is 13.1. The van der Waals surface area contributed by atoms with Crippen molar-refractivity contribution in [2.75, 3.05) is 13.2 Å². The van der Waals surface area contributed by atoms with Gasteiger partial charge in [0.1, 0.15) is 54.4 Å². The minimum Gasteiger partial charge on any atom is -1.00 e. The molecule has 1 aliphatic heterocycles. The number of aliphatic hydroxyl groups excluding tert-OH is 1. The maximum Gasteiger partial charge on any atom is 0.308 e. The first-order valence-electron chi connectivity index (χ1n) is 16.5. The van der Waals surface area contributed by atoms with Gasteiger partial charge in [0.15, 0.2) is 0 Å². The second kappa shape index (κ2) is 27.0. The van der Waals surface area contributed by atoms with Gasteiger partial charge in [-0.25, -0.2) is 8.78 Å². The van der Waals surface area contributed by atoms with Gasteiger partial charge >= 0.3 is 5.97 Å². The summed E-state index contributed by atoms with van der Waals surface area (Å²) in [5.41, 5.74) is 7.09. The molecule has 4 aromatic carbocycles. The Morgan fingerprint density at radius 2 is 1.33 bits per heavy atom. The van der Waals surface area contributed by atoms with Gasteiger partial charge in [-0.2, -0.15) is 27.0 Å². The van der Waals surface area contributed by atoms with Crippen molar-refractivity contribution >= 4 is 56.2 Å². The van der Waals surface area contributed by atoms with E-state index < -0.39 is 6.04 Å². The number of Topliss-reactive ketones (excluding diaryl/α,β-unsaturated/α-hetero) is 1. The lowest BCUT2D eigenvalue weighted by molar-refractivity contribution is -0.254. The normalized spacial score (nSPS) is 12.8. The van der Waals surface area contributed by atoms with Gasteiger partial charge in [-0.1, -0.05) is 36.4 Å². The first-order chi connectivity index (χ1) is 24.9. The molecule has 1 heterocycles. The fourth-order valence-corrected chi connectivity index (χ4v) is 4.79. The molecule has 2 unspecified atom stereocenters. The highest BCUT2D eigenvalue weighted by atomic mass is 35.5. The standard InChI is InChI=1S/C20H22FNO4.C13H12FNO.C6H9NO3.ClH.2H2S/c1-14(24)22-18(12-23)11-19(25)10-15-5-7-20(8-6-15)26-13-16-3-2-4-17(21)9-16;14-11-3-1-2-10(8-11)9-16-13-6-4-12(15)5-7-13;1-4(8)7-5-2-6(9)10-3-5;;;/h2-9,18,23H,10-13H2,1H3,(H,22,24);1-8H,9,15H2;5H,2-3H2,1H3,(H,7,8);1H;2*1H2. The average molecular weight is 824 g/mol. The highest BCUT2D eigenvalue weighted by Crippen LogP contribution is 2.17. The van der Waals surface area contributed by atoms with Gasteiger partial charge in [-0.05, 0) is 65.2 Å². The van der Waals surface area contributed by atoms with E-state index in [0.717, 1.165) is 28.1 Å². The molecule has 2 amide bonds. The van der Waals surface area contributed by atoms with E-state index in [-0.39, 0.29) is 107 Å². The third-order valence-corrected chi connectivity index (χ3v) is 7.20. The molecule has 6 N–H and O–H groups in total. The zero-order valence-corrected chi connectivity index (χ0v) is 33.2. The summed E-state index contributed by atoms with van der Waals surface area (Å²) in [5, 5.41) is 14.3. The van der Waals surface area contributed by atoms with Crippen LogP contribution in [0.2, 0.25) is 0 Å². The Balaban J connectivity index is 0.000000858. The van der Waals surface area contributed by atoms with Crippen LogP contribution in [0.25, 0.3) is 0 Å². The molecule has 300 valence electrons. The number of carbonyl (C=O) groups is 4. The van der Waals surface area contributed by atoms with Gasteiger partial charge in [0.25, 0.3) is 0 Å². The van der Waals surface area contributed by atoms with Crippen molar-refractivity contribution < 1.29 is 65.4 Å². The van der Waals surface area contributed by atoms with Gasteiger partial charge < -0.3 is 48.1 Å². The first-order valence-corrected chi connectivity index (χ1v) is 16.5. The van der Waals surface area contributed by atoms with Crippen molar-refractivity contribution in [1.29, 1.82) is 0 Å². The van der Waals surface area contributed by atoms with E-state index in [1.807, 2.05) is 30.3 Å². The fourth-order valence-electron chi connectivity index (χ4n) is 4.79. The summed E-state index contributed by atoms with van der Waals surface area (Å²) in [6.07, 6.45) is 0.591. The number of ketones is 1. The zero-order chi connectivity index (χ0) is 37.9. The molecule has 1 fully saturated rings. The van der Waals surface area contributed by atoms with Crippen LogP contribution in [0.3, 0.4) is 0 Å². The summed E-state index contributed by atoms with van der Waals surface area (Å²) >= 11 is 0. The predicted octanol–water partition coefficient (Wildman–Crippen LogP) is 1.35. The summed E-state index contributed by atoms with van der Waals surface area (Å²) < 4.78 is 41.7. The molecule has 0 aromatic heterocycles. The molecule has 16 heteroatoms. The van der Waals surface area contributed by atoms with Crippen LogP contribution in [0.15, 0.2) is 97.1 Å². The molecule has 0 saturated carbocycles. The molecular formula is C39H48ClF2N3O8S2. The van der Waals surface area contributed by atoms with Crippen LogP contribution in [0.4, 0.5) is 14.5 Å². The number of hydrogen-bond donors (Lipinski definition) is 4. The van der Waals surface area contributed by atoms with Gasteiger partial charge in [-0.3, -0.25) is 19.2 Å². The van der Waals surface area contributed by atoms with Crippen molar-refractivity contribution in [3.63, 3.8) is 0 Å². The minimum atomic E-state index is -0.561. The van der Waals surface area contributed by atoms with Gasteiger partial charge in [0, 0.05) is 38.8 Å². The molecular weight excluding hydrogens is 776 g/mol. The van der Waals surface area contributed by atoms with Crippen LogP contribution in [-0.4, -0.2) is 54.0 Å². The molecule has 1 saturated heterocycles. The number of benzene rings is 4. The maximum absolute atomic E-state index is 13.1. The number of ether oxygens (including phenoxy) is 3. The molecule has 2 atom stereocenters. The quantitative estimate of drug-likeness (QED) is 0.147. The zero-order valence-electron chi connectivity index (χ0n) is 30.5. The molecule has 0 spiro atoms. The van der Waals surface area contributed by atoms with E-state index in [4.69, 9.17) is 9.47 Å². The summed E-state index contributed by atoms with van der Waals surface area (Å²) in [7, 11) is 0.